The van der Waals surface area contributed by atoms with E-state index in [-0.39, 0.29) is 12.1 Å². The fourth-order valence-corrected chi connectivity index (χ4v) is 2.55. The molecule has 0 saturated heterocycles. The molecule has 7 nitrogen and oxygen atoms in total. The second-order valence-electron chi connectivity index (χ2n) is 8.15. The third-order valence-electron chi connectivity index (χ3n) is 3.31. The Morgan fingerprint density at radius 3 is 2.11 bits per heavy atom. The van der Waals surface area contributed by atoms with Crippen molar-refractivity contribution in [3.05, 3.63) is 29.3 Å². The normalized spacial score (nSPS) is 12.9. The van der Waals surface area contributed by atoms with E-state index in [0.717, 1.165) is 0 Å². The van der Waals surface area contributed by atoms with Crippen LogP contribution in [0, 0.1) is 0 Å². The molecule has 28 heavy (non-hydrogen) atoms. The highest BCUT2D eigenvalue weighted by Crippen LogP contribution is 2.24. The minimum atomic E-state index is -0.657. The van der Waals surface area contributed by atoms with Crippen molar-refractivity contribution in [3.63, 3.8) is 0 Å². The van der Waals surface area contributed by atoms with Crippen molar-refractivity contribution in [2.45, 2.75) is 59.3 Å². The van der Waals surface area contributed by atoms with E-state index in [4.69, 9.17) is 19.9 Å². The summed E-state index contributed by atoms with van der Waals surface area (Å²) in [5, 5.41) is 0.295. The number of hydrogen-bond acceptors (Lipinski definition) is 6. The van der Waals surface area contributed by atoms with Gasteiger partial charge >= 0.3 is 17.2 Å². The molecule has 156 valence electrons. The van der Waals surface area contributed by atoms with Crippen LogP contribution >= 0.6 is 11.8 Å². The van der Waals surface area contributed by atoms with Crippen molar-refractivity contribution in [2.24, 2.45) is 5.73 Å². The van der Waals surface area contributed by atoms with Crippen LogP contribution in [-0.4, -0.2) is 46.4 Å². The van der Waals surface area contributed by atoms with Gasteiger partial charge in [-0.05, 0) is 77.3 Å². The molecular formula is C20H31N2O5S+. The van der Waals surface area contributed by atoms with E-state index in [1.54, 1.807) is 66.0 Å². The Kier molecular flexibility index (Phi) is 7.93. The number of carbonyl (C=O) groups excluding carboxylic acids is 2. The Bertz CT molecular complexity index is 761. The minimum Gasteiger partial charge on any atom is -0.496 e. The van der Waals surface area contributed by atoms with Crippen LogP contribution in [0.5, 0.6) is 5.75 Å². The zero-order valence-electron chi connectivity index (χ0n) is 17.9. The van der Waals surface area contributed by atoms with Gasteiger partial charge in [-0.3, -0.25) is 5.73 Å². The first-order valence-corrected chi connectivity index (χ1v) is 10.1. The third-order valence-corrected chi connectivity index (χ3v) is 3.95. The number of hydrogen-bond donors (Lipinski definition) is 1. The van der Waals surface area contributed by atoms with Crippen molar-refractivity contribution < 1.29 is 28.4 Å². The Balaban J connectivity index is 3.26. The van der Waals surface area contributed by atoms with Gasteiger partial charge in [-0.1, -0.05) is 6.07 Å². The Hall–Kier alpha value is -2.22. The van der Waals surface area contributed by atoms with Crippen LogP contribution in [0.2, 0.25) is 0 Å². The Morgan fingerprint density at radius 1 is 1.07 bits per heavy atom. The quantitative estimate of drug-likeness (QED) is 0.349. The summed E-state index contributed by atoms with van der Waals surface area (Å²) in [5.74, 6) is -0.111. The first-order chi connectivity index (χ1) is 12.8. The number of rotatable bonds is 4. The van der Waals surface area contributed by atoms with Crippen LogP contribution in [0.1, 0.15) is 57.5 Å². The number of nitrogens with two attached hydrogens (primary N) is 1. The van der Waals surface area contributed by atoms with E-state index >= 15 is 0 Å². The zero-order valence-corrected chi connectivity index (χ0v) is 18.7. The maximum atomic E-state index is 12.6. The average Bonchev–Trinajstić information content (AvgIpc) is 2.55. The predicted molar refractivity (Wildman–Crippen MR) is 111 cm³/mol. The van der Waals surface area contributed by atoms with Gasteiger partial charge in [0.25, 0.3) is 0 Å². The lowest BCUT2D eigenvalue weighted by Crippen LogP contribution is -2.36. The number of esters is 1. The van der Waals surface area contributed by atoms with Crippen LogP contribution < -0.4 is 10.5 Å². The smallest absolute Gasteiger partial charge is 0.496 e. The lowest BCUT2D eigenvalue weighted by atomic mass is 10.1. The van der Waals surface area contributed by atoms with Gasteiger partial charge in [-0.25, -0.2) is 4.79 Å². The molecule has 1 amide bonds. The van der Waals surface area contributed by atoms with Gasteiger partial charge in [-0.2, -0.15) is 4.79 Å². The van der Waals surface area contributed by atoms with E-state index in [2.05, 4.69) is 0 Å². The van der Waals surface area contributed by atoms with Crippen molar-refractivity contribution in [1.29, 1.82) is 0 Å². The number of methoxy groups -OCH3 is 1. The molecule has 0 heterocycles. The standard InChI is InChI=1S/C20H30N2O5S/c1-19(2,3)26-16(23)14-11-13(9-10-15(14)25-7)12-22(17(21)28-8)18(24)27-20(4,5)6/h9-11,21H,12H2,1-8H3/p+1. The van der Waals surface area contributed by atoms with Crippen LogP contribution in [0.25, 0.3) is 0 Å². The molecule has 1 rings (SSSR count). The summed E-state index contributed by atoms with van der Waals surface area (Å²) >= 11 is 1.24. The number of nitrogens with zero attached hydrogens (tertiary/aromatic N) is 1. The van der Waals surface area contributed by atoms with Crippen LogP contribution in [0.15, 0.2) is 18.2 Å². The second kappa shape index (κ2) is 9.32. The number of benzene rings is 1. The largest absolute Gasteiger partial charge is 0.508 e. The topological polar surface area (TPSA) is 90.9 Å². The van der Waals surface area contributed by atoms with Gasteiger partial charge in [0.15, 0.2) is 0 Å². The molecule has 0 fully saturated rings. The summed E-state index contributed by atoms with van der Waals surface area (Å²) in [6.45, 7) is 10.9. The summed E-state index contributed by atoms with van der Waals surface area (Å²) in [6, 6.07) is 5.06. The molecular weight excluding hydrogens is 380 g/mol. The van der Waals surface area contributed by atoms with E-state index in [0.29, 0.717) is 16.5 Å². The number of thioether (sulfide) groups is 1. The molecule has 0 spiro atoms. The van der Waals surface area contributed by atoms with Crippen molar-refractivity contribution in [3.8, 4) is 5.75 Å². The molecule has 1 aromatic carbocycles. The SMILES string of the molecule is COc1ccc(C[N+](C(=O)OC(C)(C)C)=C(N)SC)cc1C(=O)OC(C)(C)C. The highest BCUT2D eigenvalue weighted by molar-refractivity contribution is 8.12. The maximum absolute atomic E-state index is 12.6. The summed E-state index contributed by atoms with van der Waals surface area (Å²) in [6.07, 6.45) is 1.21. The number of amidine groups is 1. The Morgan fingerprint density at radius 2 is 1.64 bits per heavy atom. The summed E-state index contributed by atoms with van der Waals surface area (Å²) in [5.41, 5.74) is 5.68. The van der Waals surface area contributed by atoms with Gasteiger partial charge in [0.1, 0.15) is 29.1 Å². The third kappa shape index (κ3) is 7.42. The summed E-state index contributed by atoms with van der Waals surface area (Å²) in [7, 11) is 1.48. The molecule has 0 aromatic heterocycles. The molecule has 0 radical (unpaired) electrons. The molecule has 0 aliphatic carbocycles. The lowest BCUT2D eigenvalue weighted by molar-refractivity contribution is -0.465. The van der Waals surface area contributed by atoms with Crippen molar-refractivity contribution in [1.82, 2.24) is 0 Å². The Labute approximate surface area is 171 Å². The molecule has 0 saturated carbocycles. The van der Waals surface area contributed by atoms with Gasteiger partial charge in [-0.15, -0.1) is 4.58 Å². The first kappa shape index (κ1) is 23.8. The highest BCUT2D eigenvalue weighted by Gasteiger charge is 2.27. The van der Waals surface area contributed by atoms with Crippen molar-refractivity contribution >= 4 is 29.0 Å². The lowest BCUT2D eigenvalue weighted by Gasteiger charge is -2.21. The molecule has 0 bridgehead atoms. The predicted octanol–water partition coefficient (Wildman–Crippen LogP) is 3.78. The molecule has 1 aromatic rings. The van der Waals surface area contributed by atoms with Crippen molar-refractivity contribution in [2.75, 3.05) is 13.4 Å². The minimum absolute atomic E-state index is 0.140. The number of amides is 1. The monoisotopic (exact) mass is 411 g/mol. The molecule has 2 N–H and O–H groups in total. The van der Waals surface area contributed by atoms with Gasteiger partial charge in [0, 0.05) is 0 Å². The number of carbonyl (C=O) groups is 2. The summed E-state index contributed by atoms with van der Waals surface area (Å²) in [4.78, 5) is 25.1. The van der Waals surface area contributed by atoms with Gasteiger partial charge < -0.3 is 14.2 Å². The molecule has 0 unspecified atom stereocenters. The van der Waals surface area contributed by atoms with Crippen LogP contribution in [-0.2, 0) is 16.0 Å². The highest BCUT2D eigenvalue weighted by atomic mass is 32.2. The molecule has 0 atom stereocenters. The first-order valence-electron chi connectivity index (χ1n) is 8.84. The average molecular weight is 412 g/mol. The molecule has 0 aliphatic heterocycles. The van der Waals surface area contributed by atoms with E-state index in [1.165, 1.54) is 23.4 Å². The van der Waals surface area contributed by atoms with E-state index in [9.17, 15) is 9.59 Å². The fourth-order valence-electron chi connectivity index (χ4n) is 2.19. The fraction of sp³-hybridized carbons (Fsp3) is 0.550. The second-order valence-corrected chi connectivity index (χ2v) is 8.97. The van der Waals surface area contributed by atoms with E-state index < -0.39 is 23.3 Å². The summed E-state index contributed by atoms with van der Waals surface area (Å²) < 4.78 is 17.5. The number of ether oxygens (including phenoxy) is 3. The van der Waals surface area contributed by atoms with Crippen LogP contribution in [0.3, 0.4) is 0 Å². The van der Waals surface area contributed by atoms with Gasteiger partial charge in [0.05, 0.1) is 7.11 Å². The molecule has 0 aliphatic rings. The van der Waals surface area contributed by atoms with Gasteiger partial charge in [0.2, 0.25) is 0 Å². The zero-order chi connectivity index (χ0) is 21.7. The van der Waals surface area contributed by atoms with Crippen LogP contribution in [0.4, 0.5) is 4.79 Å². The maximum Gasteiger partial charge on any atom is 0.508 e. The molecule has 8 heteroatoms. The van der Waals surface area contributed by atoms with E-state index in [1.807, 2.05) is 0 Å².